The summed E-state index contributed by atoms with van der Waals surface area (Å²) in [6.45, 7) is 2.67. The molecule has 0 aliphatic carbocycles. The number of hydrogen-bond donors (Lipinski definition) is 0. The minimum absolute atomic E-state index is 0.168. The number of carbonyl (C=O) groups is 3. The van der Waals surface area contributed by atoms with E-state index in [2.05, 4.69) is 0 Å². The molecule has 0 N–H and O–H groups in total. The van der Waals surface area contributed by atoms with E-state index < -0.39 is 0 Å². The first-order chi connectivity index (χ1) is 12.4. The van der Waals surface area contributed by atoms with Crippen molar-refractivity contribution in [2.24, 2.45) is 0 Å². The largest absolute Gasteiger partial charge is 0.427 e. The van der Waals surface area contributed by atoms with Crippen LogP contribution in [0.1, 0.15) is 25.0 Å². The fourth-order valence-electron chi connectivity index (χ4n) is 2.04. The van der Waals surface area contributed by atoms with Gasteiger partial charge in [-0.05, 0) is 47.5 Å². The van der Waals surface area contributed by atoms with Gasteiger partial charge >= 0.3 is 11.9 Å². The molecule has 0 bridgehead atoms. The van der Waals surface area contributed by atoms with Crippen LogP contribution < -0.4 is 9.47 Å². The van der Waals surface area contributed by atoms with E-state index in [1.165, 1.54) is 26.0 Å². The minimum atomic E-state index is -0.380. The van der Waals surface area contributed by atoms with Crippen molar-refractivity contribution in [3.63, 3.8) is 0 Å². The van der Waals surface area contributed by atoms with Crippen LogP contribution >= 0.6 is 0 Å². The van der Waals surface area contributed by atoms with Crippen LogP contribution in [0.15, 0.2) is 60.7 Å². The van der Waals surface area contributed by atoms with Gasteiger partial charge in [-0.1, -0.05) is 36.4 Å². The molecule has 2 aromatic rings. The van der Waals surface area contributed by atoms with Crippen molar-refractivity contribution in [2.75, 3.05) is 0 Å². The molecule has 0 aliphatic heterocycles. The third-order valence-electron chi connectivity index (χ3n) is 3.16. The Hall–Kier alpha value is -3.47. The van der Waals surface area contributed by atoms with E-state index in [-0.39, 0.29) is 17.7 Å². The zero-order chi connectivity index (χ0) is 18.9. The summed E-state index contributed by atoms with van der Waals surface area (Å²) in [5.41, 5.74) is 1.63. The molecule has 0 saturated carbocycles. The summed E-state index contributed by atoms with van der Waals surface area (Å²) in [5, 5.41) is 0. The number of esters is 2. The molecule has 0 fully saturated rings. The first-order valence-electron chi connectivity index (χ1n) is 7.89. The molecule has 0 saturated heterocycles. The summed E-state index contributed by atoms with van der Waals surface area (Å²) < 4.78 is 9.89. The van der Waals surface area contributed by atoms with Crippen LogP contribution in [-0.2, 0) is 14.4 Å². The SMILES string of the molecule is CC(=O)Oc1ccc(/C=C\C(=O)/C=C/c2ccc(OC(C)=O)cc2)cc1. The van der Waals surface area contributed by atoms with Gasteiger partial charge in [0.05, 0.1) is 0 Å². The Labute approximate surface area is 151 Å². The Morgan fingerprint density at radius 3 is 1.31 bits per heavy atom. The lowest BCUT2D eigenvalue weighted by Crippen LogP contribution is -2.00. The van der Waals surface area contributed by atoms with Crippen LogP contribution in [0.4, 0.5) is 0 Å². The lowest BCUT2D eigenvalue weighted by atomic mass is 10.1. The Kier molecular flexibility index (Phi) is 6.62. The highest BCUT2D eigenvalue weighted by Crippen LogP contribution is 2.14. The Morgan fingerprint density at radius 2 is 1.00 bits per heavy atom. The van der Waals surface area contributed by atoms with Crippen LogP contribution in [0.25, 0.3) is 12.2 Å². The minimum Gasteiger partial charge on any atom is -0.427 e. The van der Waals surface area contributed by atoms with Crippen molar-refractivity contribution in [2.45, 2.75) is 13.8 Å². The number of ketones is 1. The summed E-state index contributed by atoms with van der Waals surface area (Å²) in [6, 6.07) is 13.6. The van der Waals surface area contributed by atoms with Gasteiger partial charge in [-0.25, -0.2) is 0 Å². The van der Waals surface area contributed by atoms with E-state index in [0.717, 1.165) is 11.1 Å². The molecule has 26 heavy (non-hydrogen) atoms. The predicted octanol–water partition coefficient (Wildman–Crippen LogP) is 3.83. The molecule has 2 rings (SSSR count). The maximum Gasteiger partial charge on any atom is 0.308 e. The second-order valence-corrected chi connectivity index (χ2v) is 5.39. The molecular formula is C21H18O5. The smallest absolute Gasteiger partial charge is 0.308 e. The number of carbonyl (C=O) groups excluding carboxylic acids is 3. The second kappa shape index (κ2) is 9.13. The number of allylic oxidation sites excluding steroid dienone is 2. The van der Waals surface area contributed by atoms with E-state index in [1.807, 2.05) is 0 Å². The van der Waals surface area contributed by atoms with Crippen LogP contribution in [0, 0.1) is 0 Å². The topological polar surface area (TPSA) is 69.7 Å². The fraction of sp³-hybridized carbons (Fsp3) is 0.0952. The van der Waals surface area contributed by atoms with Crippen molar-refractivity contribution >= 4 is 29.9 Å². The van der Waals surface area contributed by atoms with Crippen LogP contribution in [0.5, 0.6) is 11.5 Å². The standard InChI is InChI=1S/C21H18O5/c1-15(22)25-20-11-5-17(6-12-20)3-9-19(24)10-4-18-7-13-21(14-8-18)26-16(2)23/h3-14H,1-2H3/b9-3-,10-4+. The Morgan fingerprint density at radius 1 is 0.654 bits per heavy atom. The molecule has 0 atom stereocenters. The van der Waals surface area contributed by atoms with Crippen molar-refractivity contribution in [3.8, 4) is 11.5 Å². The van der Waals surface area contributed by atoms with E-state index >= 15 is 0 Å². The van der Waals surface area contributed by atoms with Gasteiger partial charge in [-0.15, -0.1) is 0 Å². The maximum absolute atomic E-state index is 11.9. The molecule has 0 aliphatic rings. The van der Waals surface area contributed by atoms with Crippen LogP contribution in [0.2, 0.25) is 0 Å². The number of benzene rings is 2. The van der Waals surface area contributed by atoms with Crippen molar-refractivity contribution < 1.29 is 23.9 Å². The third-order valence-corrected chi connectivity index (χ3v) is 3.16. The van der Waals surface area contributed by atoms with Crippen molar-refractivity contribution in [1.29, 1.82) is 0 Å². The van der Waals surface area contributed by atoms with Gasteiger partial charge in [0.15, 0.2) is 5.78 Å². The molecule has 0 radical (unpaired) electrons. The maximum atomic E-state index is 11.9. The van der Waals surface area contributed by atoms with Crippen molar-refractivity contribution in [3.05, 3.63) is 71.8 Å². The second-order valence-electron chi connectivity index (χ2n) is 5.39. The van der Waals surface area contributed by atoms with Gasteiger partial charge in [0.2, 0.25) is 0 Å². The first-order valence-corrected chi connectivity index (χ1v) is 7.89. The van der Waals surface area contributed by atoms with Crippen LogP contribution in [-0.4, -0.2) is 17.7 Å². The molecule has 5 heteroatoms. The molecule has 0 heterocycles. The molecule has 0 amide bonds. The average molecular weight is 350 g/mol. The normalized spacial score (nSPS) is 10.8. The summed E-state index contributed by atoms with van der Waals surface area (Å²) in [4.78, 5) is 33.6. The lowest BCUT2D eigenvalue weighted by molar-refractivity contribution is -0.132. The molecule has 2 aromatic carbocycles. The molecule has 0 unspecified atom stereocenters. The molecule has 5 nitrogen and oxygen atoms in total. The van der Waals surface area contributed by atoms with E-state index in [1.54, 1.807) is 60.7 Å². The number of ether oxygens (including phenoxy) is 2. The summed E-state index contributed by atoms with van der Waals surface area (Å²) in [7, 11) is 0. The summed E-state index contributed by atoms with van der Waals surface area (Å²) >= 11 is 0. The lowest BCUT2D eigenvalue weighted by Gasteiger charge is -2.01. The highest BCUT2D eigenvalue weighted by atomic mass is 16.5. The molecule has 132 valence electrons. The van der Waals surface area contributed by atoms with Gasteiger partial charge in [0.1, 0.15) is 11.5 Å². The van der Waals surface area contributed by atoms with Crippen molar-refractivity contribution in [1.82, 2.24) is 0 Å². The van der Waals surface area contributed by atoms with Crippen LogP contribution in [0.3, 0.4) is 0 Å². The Balaban J connectivity index is 1.92. The molecule has 0 aromatic heterocycles. The zero-order valence-corrected chi connectivity index (χ0v) is 14.5. The van der Waals surface area contributed by atoms with E-state index in [9.17, 15) is 14.4 Å². The van der Waals surface area contributed by atoms with E-state index in [0.29, 0.717) is 11.5 Å². The predicted molar refractivity (Wildman–Crippen MR) is 98.6 cm³/mol. The fourth-order valence-corrected chi connectivity index (χ4v) is 2.04. The summed E-state index contributed by atoms with van der Waals surface area (Å²) in [5.74, 6) is -0.0155. The summed E-state index contributed by atoms with van der Waals surface area (Å²) in [6.07, 6.45) is 6.25. The van der Waals surface area contributed by atoms with Gasteiger partial charge in [-0.2, -0.15) is 0 Å². The van der Waals surface area contributed by atoms with Gasteiger partial charge in [0, 0.05) is 13.8 Å². The Bertz CT molecular complexity index is 771. The van der Waals surface area contributed by atoms with Gasteiger partial charge < -0.3 is 9.47 Å². The molecular weight excluding hydrogens is 332 g/mol. The first kappa shape index (κ1) is 18.9. The highest BCUT2D eigenvalue weighted by Gasteiger charge is 1.98. The third kappa shape index (κ3) is 6.57. The van der Waals surface area contributed by atoms with E-state index in [4.69, 9.17) is 9.47 Å². The zero-order valence-electron chi connectivity index (χ0n) is 14.5. The average Bonchev–Trinajstić information content (AvgIpc) is 2.59. The quantitative estimate of drug-likeness (QED) is 0.450. The van der Waals surface area contributed by atoms with Gasteiger partial charge in [0.25, 0.3) is 0 Å². The highest BCUT2D eigenvalue weighted by molar-refractivity contribution is 6.04. The van der Waals surface area contributed by atoms with Gasteiger partial charge in [-0.3, -0.25) is 14.4 Å². The number of hydrogen-bond acceptors (Lipinski definition) is 5. The molecule has 0 spiro atoms. The monoisotopic (exact) mass is 350 g/mol. The number of rotatable bonds is 6.